The molecule has 0 spiro atoms. The summed E-state index contributed by atoms with van der Waals surface area (Å²) in [4.78, 5) is 15.2. The number of aryl methyl sites for hydroxylation is 2. The third-order valence-corrected chi connectivity index (χ3v) is 5.05. The Morgan fingerprint density at radius 1 is 1.07 bits per heavy atom. The molecule has 5 heteroatoms. The van der Waals surface area contributed by atoms with Crippen molar-refractivity contribution in [2.75, 3.05) is 0 Å². The lowest BCUT2D eigenvalue weighted by molar-refractivity contribution is -0.136. The van der Waals surface area contributed by atoms with Crippen LogP contribution in [0, 0.1) is 13.8 Å². The Kier molecular flexibility index (Phi) is 6.39. The molecule has 148 valence electrons. The summed E-state index contributed by atoms with van der Waals surface area (Å²) in [5.74, 6) is -0.884. The first-order valence-electron chi connectivity index (χ1n) is 9.48. The maximum atomic E-state index is 11.0. The van der Waals surface area contributed by atoms with Crippen molar-refractivity contribution in [1.82, 2.24) is 4.98 Å². The number of carboxylic acid groups (broad SMARTS) is 1. The molecule has 1 atom stereocenters. The fourth-order valence-electron chi connectivity index (χ4n) is 3.56. The number of pyridine rings is 1. The summed E-state index contributed by atoms with van der Waals surface area (Å²) in [6.07, 6.45) is 2.21. The van der Waals surface area contributed by atoms with E-state index in [1.54, 1.807) is 6.20 Å². The van der Waals surface area contributed by atoms with E-state index in [4.69, 9.17) is 5.11 Å². The molecule has 2 aromatic carbocycles. The highest BCUT2D eigenvalue weighted by Gasteiger charge is 2.20. The maximum Gasteiger partial charge on any atom is 0.307 e. The monoisotopic (exact) mass is 388 g/mol. The highest BCUT2D eigenvalue weighted by atomic mass is 16.4. The molecule has 0 amide bonds. The number of carbonyl (C=O) groups is 1. The summed E-state index contributed by atoms with van der Waals surface area (Å²) in [5, 5.41) is 22.3. The maximum absolute atomic E-state index is 11.0. The van der Waals surface area contributed by atoms with Crippen LogP contribution in [0.5, 0.6) is 0 Å². The van der Waals surface area contributed by atoms with Crippen molar-refractivity contribution in [3.63, 3.8) is 0 Å². The number of aromatic nitrogens is 1. The van der Waals surface area contributed by atoms with Crippen molar-refractivity contribution >= 4 is 11.7 Å². The zero-order chi connectivity index (χ0) is 20.8. The van der Waals surface area contributed by atoms with Gasteiger partial charge in [0.15, 0.2) is 0 Å². The second-order valence-corrected chi connectivity index (χ2v) is 7.16. The molecule has 0 aliphatic carbocycles. The van der Waals surface area contributed by atoms with Gasteiger partial charge in [0.05, 0.1) is 12.1 Å². The van der Waals surface area contributed by atoms with Gasteiger partial charge in [0.2, 0.25) is 0 Å². The first-order chi connectivity index (χ1) is 14.0. The van der Waals surface area contributed by atoms with Crippen LogP contribution in [-0.2, 0) is 11.2 Å². The molecule has 0 saturated heterocycles. The summed E-state index contributed by atoms with van der Waals surface area (Å²) in [6, 6.07) is 19.5. The fourth-order valence-corrected chi connectivity index (χ4v) is 3.56. The number of hydrogen-bond acceptors (Lipinski definition) is 4. The molecule has 0 bridgehead atoms. The lowest BCUT2D eigenvalue weighted by atomic mass is 9.83. The van der Waals surface area contributed by atoms with Crippen LogP contribution in [0.15, 0.2) is 72.0 Å². The Bertz CT molecular complexity index is 1030. The molecular formula is C24H24N2O3. The molecule has 0 saturated carbocycles. The van der Waals surface area contributed by atoms with Gasteiger partial charge >= 0.3 is 5.97 Å². The molecule has 3 aromatic rings. The van der Waals surface area contributed by atoms with E-state index in [1.165, 1.54) is 0 Å². The van der Waals surface area contributed by atoms with Crippen molar-refractivity contribution in [1.29, 1.82) is 0 Å². The number of carboxylic acids is 1. The van der Waals surface area contributed by atoms with Crippen LogP contribution in [0.4, 0.5) is 0 Å². The minimum absolute atomic E-state index is 0.00501. The van der Waals surface area contributed by atoms with E-state index in [9.17, 15) is 10.0 Å². The molecule has 0 aliphatic heterocycles. The Morgan fingerprint density at radius 3 is 2.41 bits per heavy atom. The van der Waals surface area contributed by atoms with Gasteiger partial charge in [0.1, 0.15) is 0 Å². The van der Waals surface area contributed by atoms with E-state index in [0.29, 0.717) is 12.1 Å². The van der Waals surface area contributed by atoms with Gasteiger partial charge < -0.3 is 10.3 Å². The van der Waals surface area contributed by atoms with Crippen molar-refractivity contribution in [2.24, 2.45) is 5.16 Å². The van der Waals surface area contributed by atoms with Crippen molar-refractivity contribution in [3.8, 4) is 0 Å². The van der Waals surface area contributed by atoms with Crippen LogP contribution in [0.25, 0.3) is 0 Å². The Hall–Kier alpha value is -3.47. The van der Waals surface area contributed by atoms with Gasteiger partial charge in [-0.05, 0) is 48.2 Å². The second kappa shape index (κ2) is 9.15. The highest BCUT2D eigenvalue weighted by Crippen LogP contribution is 2.32. The molecule has 1 heterocycles. The van der Waals surface area contributed by atoms with E-state index in [1.807, 2.05) is 55.5 Å². The second-order valence-electron chi connectivity index (χ2n) is 7.16. The molecule has 1 aromatic heterocycles. The predicted octanol–water partition coefficient (Wildman–Crippen LogP) is 4.73. The minimum Gasteiger partial charge on any atom is -0.481 e. The van der Waals surface area contributed by atoms with E-state index >= 15 is 0 Å². The first kappa shape index (κ1) is 20.3. The number of nitrogens with zero attached hydrogens (tertiary/aromatic N) is 2. The molecule has 29 heavy (non-hydrogen) atoms. The highest BCUT2D eigenvalue weighted by molar-refractivity contribution is 6.01. The summed E-state index contributed by atoms with van der Waals surface area (Å²) in [7, 11) is 0. The molecule has 0 unspecified atom stereocenters. The van der Waals surface area contributed by atoms with Crippen molar-refractivity contribution < 1.29 is 15.1 Å². The van der Waals surface area contributed by atoms with Gasteiger partial charge in [-0.15, -0.1) is 0 Å². The Morgan fingerprint density at radius 2 is 1.79 bits per heavy atom. The van der Waals surface area contributed by atoms with Gasteiger partial charge in [-0.3, -0.25) is 9.78 Å². The normalized spacial score (nSPS) is 12.6. The van der Waals surface area contributed by atoms with E-state index < -0.39 is 5.97 Å². The van der Waals surface area contributed by atoms with Gasteiger partial charge in [-0.25, -0.2) is 0 Å². The molecule has 5 nitrogen and oxygen atoms in total. The zero-order valence-corrected chi connectivity index (χ0v) is 16.5. The van der Waals surface area contributed by atoms with Gasteiger partial charge in [-0.2, -0.15) is 0 Å². The van der Waals surface area contributed by atoms with Crippen LogP contribution < -0.4 is 0 Å². The van der Waals surface area contributed by atoms with Crippen LogP contribution in [0.2, 0.25) is 0 Å². The number of hydrogen-bond donors (Lipinski definition) is 2. The SMILES string of the molecule is Cc1cc(C(C[C@@H](c2ccc(CC(=O)O)cc2)c2ccccc2C)=NO)ccn1. The summed E-state index contributed by atoms with van der Waals surface area (Å²) in [6.45, 7) is 3.96. The van der Waals surface area contributed by atoms with Crippen LogP contribution in [-0.4, -0.2) is 27.0 Å². The fraction of sp³-hybridized carbons (Fsp3) is 0.208. The molecule has 0 aliphatic rings. The average molecular weight is 388 g/mol. The van der Waals surface area contributed by atoms with E-state index in [0.717, 1.165) is 33.5 Å². The smallest absolute Gasteiger partial charge is 0.307 e. The van der Waals surface area contributed by atoms with Crippen molar-refractivity contribution in [2.45, 2.75) is 32.6 Å². The summed E-state index contributed by atoms with van der Waals surface area (Å²) in [5.41, 5.74) is 6.36. The quantitative estimate of drug-likeness (QED) is 0.348. The van der Waals surface area contributed by atoms with Gasteiger partial charge in [0, 0.05) is 29.8 Å². The first-order valence-corrected chi connectivity index (χ1v) is 9.48. The standard InChI is InChI=1S/C24H24N2O3/c1-16-5-3-4-6-21(16)22(19-9-7-18(8-10-19)14-24(27)28)15-23(26-29)20-11-12-25-17(2)13-20/h3-13,22,29H,14-15H2,1-2H3,(H,27,28)/t22-/m0/s1. The lowest BCUT2D eigenvalue weighted by Crippen LogP contribution is -2.12. The third-order valence-electron chi connectivity index (χ3n) is 5.05. The molecule has 0 fully saturated rings. The van der Waals surface area contributed by atoms with Crippen LogP contribution in [0.3, 0.4) is 0 Å². The number of rotatable bonds is 7. The minimum atomic E-state index is -0.851. The largest absolute Gasteiger partial charge is 0.481 e. The number of benzene rings is 2. The zero-order valence-electron chi connectivity index (χ0n) is 16.5. The van der Waals surface area contributed by atoms with E-state index in [-0.39, 0.29) is 12.3 Å². The van der Waals surface area contributed by atoms with Gasteiger partial charge in [-0.1, -0.05) is 53.7 Å². The topological polar surface area (TPSA) is 82.8 Å². The van der Waals surface area contributed by atoms with Crippen LogP contribution >= 0.6 is 0 Å². The van der Waals surface area contributed by atoms with Crippen molar-refractivity contribution in [3.05, 3.63) is 100 Å². The summed E-state index contributed by atoms with van der Waals surface area (Å²) < 4.78 is 0. The average Bonchev–Trinajstić information content (AvgIpc) is 2.70. The number of oxime groups is 1. The number of aliphatic carboxylic acids is 1. The molecule has 2 N–H and O–H groups in total. The lowest BCUT2D eigenvalue weighted by Gasteiger charge is -2.21. The predicted molar refractivity (Wildman–Crippen MR) is 113 cm³/mol. The van der Waals surface area contributed by atoms with E-state index in [2.05, 4.69) is 29.2 Å². The molecule has 0 radical (unpaired) electrons. The summed E-state index contributed by atoms with van der Waals surface area (Å²) >= 11 is 0. The Balaban J connectivity index is 2.00. The Labute approximate surface area is 170 Å². The van der Waals surface area contributed by atoms with Crippen LogP contribution in [0.1, 0.15) is 45.8 Å². The molecular weight excluding hydrogens is 364 g/mol. The molecule has 3 rings (SSSR count). The third kappa shape index (κ3) is 5.08. The van der Waals surface area contributed by atoms with Gasteiger partial charge in [0.25, 0.3) is 0 Å².